The van der Waals surface area contributed by atoms with E-state index < -0.39 is 0 Å². The lowest BCUT2D eigenvalue weighted by Gasteiger charge is -2.58. The predicted octanol–water partition coefficient (Wildman–Crippen LogP) is 2.42. The number of pyridine rings is 1. The first-order valence-electron chi connectivity index (χ1n) is 8.79. The summed E-state index contributed by atoms with van der Waals surface area (Å²) in [4.78, 5) is 14.7. The second kappa shape index (κ2) is 6.31. The van der Waals surface area contributed by atoms with Gasteiger partial charge >= 0.3 is 0 Å². The molecule has 0 atom stereocenters. The van der Waals surface area contributed by atoms with Crippen LogP contribution in [0.4, 0.5) is 0 Å². The second-order valence-corrected chi connectivity index (χ2v) is 7.91. The molecule has 1 spiro atoms. The average molecular weight is 363 g/mol. The number of aliphatic hydroxyl groups is 1. The number of rotatable bonds is 5. The Labute approximate surface area is 151 Å². The number of aromatic nitrogens is 1. The summed E-state index contributed by atoms with van der Waals surface area (Å²) in [6.07, 6.45) is 4.91. The van der Waals surface area contributed by atoms with Gasteiger partial charge in [-0.2, -0.15) is 0 Å². The molecule has 4 rings (SSSR count). The SMILES string of the molecule is Cn1ccc2c(OC3CC4(C3)CN(CCCO)C4)ccc(Cl)c2c1=O. The van der Waals surface area contributed by atoms with Gasteiger partial charge in [-0.05, 0) is 37.5 Å². The van der Waals surface area contributed by atoms with Gasteiger partial charge in [0.1, 0.15) is 5.75 Å². The summed E-state index contributed by atoms with van der Waals surface area (Å²) >= 11 is 6.23. The highest BCUT2D eigenvalue weighted by atomic mass is 35.5. The molecule has 1 aromatic carbocycles. The lowest BCUT2D eigenvalue weighted by molar-refractivity contribution is -0.119. The van der Waals surface area contributed by atoms with Gasteiger partial charge in [0.05, 0.1) is 16.5 Å². The number of aliphatic hydroxyl groups excluding tert-OH is 1. The Balaban J connectivity index is 1.45. The summed E-state index contributed by atoms with van der Waals surface area (Å²) in [6.45, 7) is 3.46. The Kier molecular flexibility index (Phi) is 4.26. The summed E-state index contributed by atoms with van der Waals surface area (Å²) in [7, 11) is 1.72. The summed E-state index contributed by atoms with van der Waals surface area (Å²) in [5, 5.41) is 10.7. The fraction of sp³-hybridized carbons (Fsp3) is 0.526. The molecule has 1 saturated heterocycles. The van der Waals surface area contributed by atoms with Gasteiger partial charge in [0, 0.05) is 50.3 Å². The first-order valence-corrected chi connectivity index (χ1v) is 9.17. The van der Waals surface area contributed by atoms with Gasteiger partial charge in [-0.3, -0.25) is 4.79 Å². The van der Waals surface area contributed by atoms with Crippen LogP contribution in [-0.2, 0) is 7.05 Å². The molecule has 2 aliphatic rings. The molecule has 134 valence electrons. The highest BCUT2D eigenvalue weighted by molar-refractivity contribution is 6.35. The number of benzene rings is 1. The third kappa shape index (κ3) is 2.94. The Morgan fingerprint density at radius 2 is 2.08 bits per heavy atom. The zero-order valence-corrected chi connectivity index (χ0v) is 15.1. The number of halogens is 1. The van der Waals surface area contributed by atoms with Crippen LogP contribution in [0.25, 0.3) is 10.8 Å². The van der Waals surface area contributed by atoms with E-state index in [4.69, 9.17) is 21.4 Å². The maximum Gasteiger partial charge on any atom is 0.259 e. The van der Waals surface area contributed by atoms with Crippen molar-refractivity contribution in [1.82, 2.24) is 9.47 Å². The minimum atomic E-state index is -0.100. The maximum atomic E-state index is 12.4. The molecule has 5 nitrogen and oxygen atoms in total. The molecule has 0 radical (unpaired) electrons. The molecule has 2 fully saturated rings. The van der Waals surface area contributed by atoms with E-state index in [1.807, 2.05) is 12.1 Å². The molecule has 25 heavy (non-hydrogen) atoms. The van der Waals surface area contributed by atoms with Gasteiger partial charge in [0.25, 0.3) is 5.56 Å². The minimum Gasteiger partial charge on any atom is -0.490 e. The number of aryl methyl sites for hydroxylation is 1. The quantitative estimate of drug-likeness (QED) is 0.887. The van der Waals surface area contributed by atoms with Crippen molar-refractivity contribution in [2.45, 2.75) is 25.4 Å². The van der Waals surface area contributed by atoms with Crippen LogP contribution in [0.5, 0.6) is 5.75 Å². The van der Waals surface area contributed by atoms with E-state index in [0.717, 1.165) is 50.0 Å². The van der Waals surface area contributed by atoms with Gasteiger partial charge in [0.2, 0.25) is 0 Å². The van der Waals surface area contributed by atoms with Crippen molar-refractivity contribution < 1.29 is 9.84 Å². The van der Waals surface area contributed by atoms with Gasteiger partial charge in [-0.15, -0.1) is 0 Å². The highest BCUT2D eigenvalue weighted by Gasteiger charge is 2.53. The summed E-state index contributed by atoms with van der Waals surface area (Å²) in [6, 6.07) is 5.50. The van der Waals surface area contributed by atoms with E-state index in [-0.39, 0.29) is 18.3 Å². The van der Waals surface area contributed by atoms with E-state index in [1.165, 1.54) is 4.57 Å². The van der Waals surface area contributed by atoms with Crippen molar-refractivity contribution in [3.63, 3.8) is 0 Å². The van der Waals surface area contributed by atoms with E-state index in [9.17, 15) is 4.79 Å². The Bertz CT molecular complexity index is 850. The molecule has 2 aromatic rings. The van der Waals surface area contributed by atoms with Crippen LogP contribution < -0.4 is 10.3 Å². The number of nitrogens with zero attached hydrogens (tertiary/aromatic N) is 2. The first kappa shape index (κ1) is 16.9. The molecule has 0 bridgehead atoms. The number of ether oxygens (including phenoxy) is 1. The van der Waals surface area contributed by atoms with Gasteiger partial charge in [0.15, 0.2) is 0 Å². The van der Waals surface area contributed by atoms with Crippen molar-refractivity contribution >= 4 is 22.4 Å². The lowest BCUT2D eigenvalue weighted by Crippen LogP contribution is -2.64. The largest absolute Gasteiger partial charge is 0.490 e. The fourth-order valence-electron chi connectivity index (χ4n) is 4.27. The highest BCUT2D eigenvalue weighted by Crippen LogP contribution is 2.50. The maximum absolute atomic E-state index is 12.4. The summed E-state index contributed by atoms with van der Waals surface area (Å²) in [5.74, 6) is 0.744. The van der Waals surface area contributed by atoms with Crippen molar-refractivity contribution in [3.05, 3.63) is 39.8 Å². The van der Waals surface area contributed by atoms with Crippen molar-refractivity contribution in [2.75, 3.05) is 26.2 Å². The van der Waals surface area contributed by atoms with E-state index in [1.54, 1.807) is 19.3 Å². The van der Waals surface area contributed by atoms with Gasteiger partial charge in [-0.25, -0.2) is 0 Å². The molecular weight excluding hydrogens is 340 g/mol. The molecule has 6 heteroatoms. The third-order valence-corrected chi connectivity index (χ3v) is 5.83. The van der Waals surface area contributed by atoms with Crippen LogP contribution in [-0.4, -0.2) is 46.9 Å². The summed E-state index contributed by atoms with van der Waals surface area (Å²) < 4.78 is 7.73. The van der Waals surface area contributed by atoms with Crippen LogP contribution in [0.2, 0.25) is 5.02 Å². The van der Waals surface area contributed by atoms with Gasteiger partial charge in [-0.1, -0.05) is 11.6 Å². The van der Waals surface area contributed by atoms with E-state index >= 15 is 0 Å². The standard InChI is InChI=1S/C19H23ClN2O3/c1-21-7-5-14-16(4-3-15(20)17(14)18(21)24)25-13-9-19(10-13)11-22(12-19)6-2-8-23/h3-5,7,13,23H,2,6,8-12H2,1H3. The number of hydrogen-bond acceptors (Lipinski definition) is 4. The normalized spacial score (nSPS) is 19.8. The van der Waals surface area contributed by atoms with Crippen LogP contribution in [0.15, 0.2) is 29.2 Å². The van der Waals surface area contributed by atoms with Crippen molar-refractivity contribution in [2.24, 2.45) is 12.5 Å². The Morgan fingerprint density at radius 1 is 1.32 bits per heavy atom. The average Bonchev–Trinajstić information content (AvgIpc) is 2.52. The topological polar surface area (TPSA) is 54.7 Å². The third-order valence-electron chi connectivity index (χ3n) is 5.52. The van der Waals surface area contributed by atoms with Crippen LogP contribution in [0, 0.1) is 5.41 Å². The lowest BCUT2D eigenvalue weighted by atomic mass is 9.61. The van der Waals surface area contributed by atoms with E-state index in [2.05, 4.69) is 4.90 Å². The monoisotopic (exact) mass is 362 g/mol. The molecule has 1 N–H and O–H groups in total. The minimum absolute atomic E-state index is 0.100. The van der Waals surface area contributed by atoms with Gasteiger partial charge < -0.3 is 19.3 Å². The van der Waals surface area contributed by atoms with Crippen molar-refractivity contribution in [3.8, 4) is 5.75 Å². The Morgan fingerprint density at radius 3 is 2.80 bits per heavy atom. The molecule has 1 aromatic heterocycles. The molecule has 1 aliphatic carbocycles. The van der Waals surface area contributed by atoms with E-state index in [0.29, 0.717) is 15.8 Å². The van der Waals surface area contributed by atoms with Crippen LogP contribution in [0.1, 0.15) is 19.3 Å². The summed E-state index contributed by atoms with van der Waals surface area (Å²) in [5.41, 5.74) is 0.301. The van der Waals surface area contributed by atoms with Crippen molar-refractivity contribution in [1.29, 1.82) is 0 Å². The fourth-order valence-corrected chi connectivity index (χ4v) is 4.52. The zero-order chi connectivity index (χ0) is 17.6. The molecule has 0 unspecified atom stereocenters. The molecule has 0 amide bonds. The molecule has 1 saturated carbocycles. The molecular formula is C19H23ClN2O3. The number of hydrogen-bond donors (Lipinski definition) is 1. The zero-order valence-electron chi connectivity index (χ0n) is 14.4. The predicted molar refractivity (Wildman–Crippen MR) is 98.4 cm³/mol. The molecule has 1 aliphatic heterocycles. The number of fused-ring (bicyclic) bond motifs is 1. The second-order valence-electron chi connectivity index (χ2n) is 7.50. The molecule has 2 heterocycles. The van der Waals surface area contributed by atoms with Crippen LogP contribution in [0.3, 0.4) is 0 Å². The Hall–Kier alpha value is -1.56. The first-order chi connectivity index (χ1) is 12.0. The smallest absolute Gasteiger partial charge is 0.259 e. The number of likely N-dealkylation sites (tertiary alicyclic amines) is 1. The van der Waals surface area contributed by atoms with Crippen LogP contribution >= 0.6 is 11.6 Å².